The van der Waals surface area contributed by atoms with Crippen LogP contribution in [0.15, 0.2) is 11.6 Å². The summed E-state index contributed by atoms with van der Waals surface area (Å²) in [6.07, 6.45) is 25.7. The number of carbonyl (C=O) groups excluding carboxylic acids is 1. The predicted octanol–water partition coefficient (Wildman–Crippen LogP) is 7.86. The normalized spacial score (nSPS) is 27.4. The van der Waals surface area contributed by atoms with Gasteiger partial charge in [0.1, 0.15) is 6.10 Å². The van der Waals surface area contributed by atoms with E-state index in [2.05, 4.69) is 6.92 Å². The minimum absolute atomic E-state index is 0.0170. The number of hydrogen-bond donors (Lipinski definition) is 3. The van der Waals surface area contributed by atoms with Crippen LogP contribution in [0.2, 0.25) is 0 Å². The van der Waals surface area contributed by atoms with Gasteiger partial charge in [0.2, 0.25) is 0 Å². The molecule has 3 heterocycles. The van der Waals surface area contributed by atoms with Crippen LogP contribution in [0.3, 0.4) is 0 Å². The van der Waals surface area contributed by atoms with Gasteiger partial charge in [0, 0.05) is 5.57 Å². The van der Waals surface area contributed by atoms with E-state index in [4.69, 9.17) is 14.2 Å². The molecule has 0 spiro atoms. The first-order valence-corrected chi connectivity index (χ1v) is 18.6. The molecule has 256 valence electrons. The SMILES string of the molecule is CCCCCC[C@H](O)CCC[C@@H](O)[C@H]1CC[C@@H]([C@H]2CC[C@H]([C@H](O)CCCCCCCCCCCCC3=C[C@H](C)OC3=O)O2)O1. The Morgan fingerprint density at radius 1 is 0.659 bits per heavy atom. The smallest absolute Gasteiger partial charge is 0.334 e. The fourth-order valence-electron chi connectivity index (χ4n) is 7.28. The summed E-state index contributed by atoms with van der Waals surface area (Å²) in [5.41, 5.74) is 0.863. The zero-order chi connectivity index (χ0) is 31.6. The Labute approximate surface area is 268 Å². The van der Waals surface area contributed by atoms with Gasteiger partial charge in [-0.2, -0.15) is 0 Å². The van der Waals surface area contributed by atoms with Crippen LogP contribution in [0.25, 0.3) is 0 Å². The Hall–Kier alpha value is -0.990. The van der Waals surface area contributed by atoms with Crippen molar-refractivity contribution in [3.63, 3.8) is 0 Å². The molecule has 3 aliphatic rings. The lowest BCUT2D eigenvalue weighted by Gasteiger charge is -2.24. The first-order valence-electron chi connectivity index (χ1n) is 18.6. The summed E-state index contributed by atoms with van der Waals surface area (Å²) in [4.78, 5) is 11.6. The molecule has 0 radical (unpaired) electrons. The molecule has 0 aromatic carbocycles. The number of cyclic esters (lactones) is 1. The molecule has 8 atom stereocenters. The maximum absolute atomic E-state index is 11.6. The zero-order valence-corrected chi connectivity index (χ0v) is 28.1. The average Bonchev–Trinajstić information content (AvgIpc) is 3.76. The lowest BCUT2D eigenvalue weighted by Crippen LogP contribution is -2.33. The molecule has 7 nitrogen and oxygen atoms in total. The summed E-state index contributed by atoms with van der Waals surface area (Å²) >= 11 is 0. The van der Waals surface area contributed by atoms with Crippen molar-refractivity contribution in [1.82, 2.24) is 0 Å². The number of esters is 1. The highest BCUT2D eigenvalue weighted by Crippen LogP contribution is 2.34. The van der Waals surface area contributed by atoms with Crippen molar-refractivity contribution < 1.29 is 34.3 Å². The van der Waals surface area contributed by atoms with Gasteiger partial charge in [-0.05, 0) is 83.6 Å². The topological polar surface area (TPSA) is 105 Å². The number of aliphatic hydroxyl groups excluding tert-OH is 3. The first-order chi connectivity index (χ1) is 21.4. The molecule has 0 aromatic heterocycles. The van der Waals surface area contributed by atoms with Crippen LogP contribution >= 0.6 is 0 Å². The van der Waals surface area contributed by atoms with Crippen molar-refractivity contribution in [2.45, 2.75) is 217 Å². The molecule has 2 fully saturated rings. The van der Waals surface area contributed by atoms with E-state index in [0.29, 0.717) is 6.42 Å². The third-order valence-corrected chi connectivity index (χ3v) is 10.1. The summed E-state index contributed by atoms with van der Waals surface area (Å²) in [6.45, 7) is 4.11. The van der Waals surface area contributed by atoms with Crippen molar-refractivity contribution in [3.8, 4) is 0 Å². The quantitative estimate of drug-likeness (QED) is 0.0703. The highest BCUT2D eigenvalue weighted by molar-refractivity contribution is 5.90. The fourth-order valence-corrected chi connectivity index (χ4v) is 7.28. The van der Waals surface area contributed by atoms with Crippen molar-refractivity contribution >= 4 is 5.97 Å². The molecule has 7 heteroatoms. The molecule has 3 N–H and O–H groups in total. The zero-order valence-electron chi connectivity index (χ0n) is 28.1. The summed E-state index contributed by atoms with van der Waals surface area (Å²) in [5, 5.41) is 31.6. The minimum Gasteiger partial charge on any atom is -0.455 e. The lowest BCUT2D eigenvalue weighted by molar-refractivity contribution is -0.139. The highest BCUT2D eigenvalue weighted by Gasteiger charge is 2.40. The van der Waals surface area contributed by atoms with E-state index in [1.165, 1.54) is 64.2 Å². The number of unbranched alkanes of at least 4 members (excludes halogenated alkanes) is 12. The van der Waals surface area contributed by atoms with Gasteiger partial charge in [-0.1, -0.05) is 90.4 Å². The van der Waals surface area contributed by atoms with Crippen LogP contribution in [0.5, 0.6) is 0 Å². The summed E-state index contributed by atoms with van der Waals surface area (Å²) in [7, 11) is 0. The summed E-state index contributed by atoms with van der Waals surface area (Å²) in [6, 6.07) is 0. The van der Waals surface area contributed by atoms with E-state index in [9.17, 15) is 20.1 Å². The molecule has 3 rings (SSSR count). The average molecular weight is 623 g/mol. The molecular formula is C37H66O7. The fraction of sp³-hybridized carbons (Fsp3) is 0.919. The minimum atomic E-state index is -0.479. The van der Waals surface area contributed by atoms with Gasteiger partial charge in [0.15, 0.2) is 0 Å². The Balaban J connectivity index is 1.13. The maximum Gasteiger partial charge on any atom is 0.334 e. The van der Waals surface area contributed by atoms with Gasteiger partial charge >= 0.3 is 5.97 Å². The third-order valence-electron chi connectivity index (χ3n) is 10.1. The number of carbonyl (C=O) groups is 1. The molecule has 0 aromatic rings. The van der Waals surface area contributed by atoms with Crippen LogP contribution in [-0.4, -0.2) is 70.1 Å². The number of aliphatic hydroxyl groups is 3. The largest absolute Gasteiger partial charge is 0.455 e. The Morgan fingerprint density at radius 2 is 1.14 bits per heavy atom. The number of hydrogen-bond acceptors (Lipinski definition) is 7. The molecule has 2 saturated heterocycles. The van der Waals surface area contributed by atoms with Gasteiger partial charge in [-0.3, -0.25) is 0 Å². The lowest BCUT2D eigenvalue weighted by atomic mass is 9.99. The molecule has 0 saturated carbocycles. The van der Waals surface area contributed by atoms with E-state index in [1.54, 1.807) is 0 Å². The standard InChI is InChI=1S/C37H66O7/c1-3-4-5-15-19-30(38)20-17-22-32(40)34-24-26-36(44-34)35-25-23-33(43-35)31(39)21-16-13-11-9-7-6-8-10-12-14-18-29-27-28(2)42-37(29)41/h27-28,30-36,38-40H,3-26H2,1-2H3/t28-,30-,31+,32+,33+,34+,35+,36-/m0/s1. The monoisotopic (exact) mass is 622 g/mol. The van der Waals surface area contributed by atoms with E-state index in [1.807, 2.05) is 13.0 Å². The van der Waals surface area contributed by atoms with Gasteiger partial charge in [-0.25, -0.2) is 4.79 Å². The van der Waals surface area contributed by atoms with Crippen molar-refractivity contribution in [2.75, 3.05) is 0 Å². The van der Waals surface area contributed by atoms with Crippen molar-refractivity contribution in [3.05, 3.63) is 11.6 Å². The Morgan fingerprint density at radius 3 is 1.68 bits per heavy atom. The van der Waals surface area contributed by atoms with Crippen molar-refractivity contribution in [2.24, 2.45) is 0 Å². The van der Waals surface area contributed by atoms with Gasteiger partial charge in [-0.15, -0.1) is 0 Å². The van der Waals surface area contributed by atoms with E-state index >= 15 is 0 Å². The Bertz CT molecular complexity index is 801. The van der Waals surface area contributed by atoms with Gasteiger partial charge < -0.3 is 29.5 Å². The maximum atomic E-state index is 11.6. The van der Waals surface area contributed by atoms with Crippen LogP contribution < -0.4 is 0 Å². The molecular weight excluding hydrogens is 556 g/mol. The summed E-state index contributed by atoms with van der Waals surface area (Å²) in [5.74, 6) is -0.123. The molecule has 0 bridgehead atoms. The molecule has 0 aliphatic carbocycles. The van der Waals surface area contributed by atoms with Crippen LogP contribution in [0.4, 0.5) is 0 Å². The second kappa shape index (κ2) is 21.7. The first kappa shape index (κ1) is 37.5. The molecule has 44 heavy (non-hydrogen) atoms. The van der Waals surface area contributed by atoms with E-state index in [-0.39, 0.29) is 42.6 Å². The van der Waals surface area contributed by atoms with Crippen LogP contribution in [-0.2, 0) is 19.0 Å². The second-order valence-corrected chi connectivity index (χ2v) is 14.0. The number of rotatable bonds is 25. The Kier molecular flexibility index (Phi) is 18.5. The highest BCUT2D eigenvalue weighted by atomic mass is 16.6. The molecule has 0 amide bonds. The predicted molar refractivity (Wildman–Crippen MR) is 175 cm³/mol. The van der Waals surface area contributed by atoms with E-state index in [0.717, 1.165) is 89.0 Å². The molecule has 0 unspecified atom stereocenters. The summed E-state index contributed by atoms with van der Waals surface area (Å²) < 4.78 is 17.7. The molecule has 3 aliphatic heterocycles. The van der Waals surface area contributed by atoms with Crippen LogP contribution in [0.1, 0.15) is 168 Å². The van der Waals surface area contributed by atoms with Gasteiger partial charge in [0.25, 0.3) is 0 Å². The van der Waals surface area contributed by atoms with E-state index < -0.39 is 12.2 Å². The third kappa shape index (κ3) is 14.2. The van der Waals surface area contributed by atoms with Gasteiger partial charge in [0.05, 0.1) is 42.7 Å². The second-order valence-electron chi connectivity index (χ2n) is 14.0. The number of ether oxygens (including phenoxy) is 3. The van der Waals surface area contributed by atoms with Crippen molar-refractivity contribution in [1.29, 1.82) is 0 Å². The van der Waals surface area contributed by atoms with Crippen LogP contribution in [0, 0.1) is 0 Å².